The highest BCUT2D eigenvalue weighted by Crippen LogP contribution is 2.62. The molecule has 3 heterocycles. The average Bonchev–Trinajstić information content (AvgIpc) is 3.91. The Bertz CT molecular complexity index is 3140. The SMILES string of the molecule is c1ccc(-c2nc(-c3ccccc3)nc(-c3ccc4c(c3)-c3cc(-c5ccc(-c6cccc7[nH]ccc67)cc5)ccc3C43c4ccccc4Oc4ccccc43)n2)cc1. The van der Waals surface area contributed by atoms with E-state index >= 15 is 0 Å². The maximum absolute atomic E-state index is 6.63. The predicted molar refractivity (Wildman–Crippen MR) is 236 cm³/mol. The molecule has 0 saturated carbocycles. The first kappa shape index (κ1) is 33.3. The normalized spacial score (nSPS) is 13.0. The average molecular weight is 755 g/mol. The zero-order chi connectivity index (χ0) is 38.9. The number of para-hydroxylation sites is 2. The molecule has 1 N–H and O–H groups in total. The Morgan fingerprint density at radius 2 is 0.864 bits per heavy atom. The molecule has 8 aromatic carbocycles. The van der Waals surface area contributed by atoms with Gasteiger partial charge in [0.05, 0.1) is 5.41 Å². The molecule has 5 heteroatoms. The second-order valence-electron chi connectivity index (χ2n) is 15.2. The number of benzene rings is 8. The second kappa shape index (κ2) is 13.1. The Labute approximate surface area is 341 Å². The van der Waals surface area contributed by atoms with Gasteiger partial charge in [0.25, 0.3) is 0 Å². The molecule has 0 unspecified atom stereocenters. The van der Waals surface area contributed by atoms with E-state index in [9.17, 15) is 0 Å². The van der Waals surface area contributed by atoms with Crippen LogP contribution in [0, 0.1) is 0 Å². The molecule has 0 fully saturated rings. The summed E-state index contributed by atoms with van der Waals surface area (Å²) in [5.41, 5.74) is 15.0. The van der Waals surface area contributed by atoms with Crippen molar-refractivity contribution in [3.8, 4) is 79.0 Å². The van der Waals surface area contributed by atoms with Gasteiger partial charge in [0, 0.05) is 44.9 Å². The van der Waals surface area contributed by atoms with Crippen LogP contribution in [0.1, 0.15) is 22.3 Å². The van der Waals surface area contributed by atoms with Gasteiger partial charge in [0.15, 0.2) is 17.5 Å². The molecular formula is C54H34N4O. The number of H-pyrrole nitrogens is 1. The summed E-state index contributed by atoms with van der Waals surface area (Å²) in [5, 5.41) is 1.22. The number of fused-ring (bicyclic) bond motifs is 10. The topological polar surface area (TPSA) is 63.7 Å². The molecule has 2 aromatic heterocycles. The van der Waals surface area contributed by atoms with Crippen LogP contribution < -0.4 is 4.74 Å². The lowest BCUT2D eigenvalue weighted by Crippen LogP contribution is -2.32. The fourth-order valence-electron chi connectivity index (χ4n) is 9.34. The van der Waals surface area contributed by atoms with E-state index in [0.717, 1.165) is 61.5 Å². The third-order valence-corrected chi connectivity index (χ3v) is 12.0. The third-order valence-electron chi connectivity index (χ3n) is 12.0. The van der Waals surface area contributed by atoms with Crippen molar-refractivity contribution in [2.24, 2.45) is 0 Å². The summed E-state index contributed by atoms with van der Waals surface area (Å²) in [4.78, 5) is 18.6. The monoisotopic (exact) mass is 754 g/mol. The van der Waals surface area contributed by atoms with Crippen molar-refractivity contribution in [3.05, 3.63) is 223 Å². The summed E-state index contributed by atoms with van der Waals surface area (Å²) in [6.07, 6.45) is 2.00. The van der Waals surface area contributed by atoms with E-state index in [0.29, 0.717) is 17.5 Å². The highest BCUT2D eigenvalue weighted by molar-refractivity contribution is 5.96. The first-order valence-electron chi connectivity index (χ1n) is 19.9. The van der Waals surface area contributed by atoms with Crippen LogP contribution in [0.2, 0.25) is 0 Å². The van der Waals surface area contributed by atoms with Gasteiger partial charge in [-0.15, -0.1) is 0 Å². The Hall–Kier alpha value is -7.89. The molecule has 276 valence electrons. The largest absolute Gasteiger partial charge is 0.457 e. The first-order chi connectivity index (χ1) is 29.2. The Balaban J connectivity index is 1.07. The standard InChI is InChI=1S/C54H34N4O/c1-3-12-36(13-4-1)51-56-52(37-14-5-2-6-15-37)58-53(57-51)39-27-29-45-43(33-39)42-32-38(34-22-24-35(25-23-34)40-16-11-19-48-41(40)30-31-55-48)26-28-44(42)54(45)46-17-7-9-20-49(46)59-50-21-10-8-18-47(50)54/h1-33,55H. The second-order valence-corrected chi connectivity index (χ2v) is 15.2. The van der Waals surface area contributed by atoms with Gasteiger partial charge in [-0.25, -0.2) is 15.0 Å². The van der Waals surface area contributed by atoms with E-state index in [1.165, 1.54) is 33.2 Å². The molecule has 59 heavy (non-hydrogen) atoms. The molecule has 0 amide bonds. The van der Waals surface area contributed by atoms with Gasteiger partial charge < -0.3 is 9.72 Å². The molecule has 0 bridgehead atoms. The number of nitrogens with one attached hydrogen (secondary N) is 1. The van der Waals surface area contributed by atoms with E-state index in [1.807, 2.05) is 66.9 Å². The van der Waals surface area contributed by atoms with Crippen LogP contribution in [0.5, 0.6) is 11.5 Å². The van der Waals surface area contributed by atoms with E-state index in [-0.39, 0.29) is 0 Å². The van der Waals surface area contributed by atoms with Crippen molar-refractivity contribution in [1.29, 1.82) is 0 Å². The van der Waals surface area contributed by atoms with Gasteiger partial charge in [-0.1, -0.05) is 158 Å². The number of nitrogens with zero attached hydrogens (tertiary/aromatic N) is 3. The fraction of sp³-hybridized carbons (Fsp3) is 0.0185. The van der Waals surface area contributed by atoms with Crippen molar-refractivity contribution in [1.82, 2.24) is 19.9 Å². The van der Waals surface area contributed by atoms with Crippen molar-refractivity contribution in [2.75, 3.05) is 0 Å². The van der Waals surface area contributed by atoms with Crippen LogP contribution in [-0.2, 0) is 5.41 Å². The Kier molecular flexibility index (Phi) is 7.38. The quantitative estimate of drug-likeness (QED) is 0.190. The smallest absolute Gasteiger partial charge is 0.164 e. The maximum atomic E-state index is 6.63. The molecule has 1 aliphatic heterocycles. The van der Waals surface area contributed by atoms with Gasteiger partial charge in [-0.05, 0) is 80.9 Å². The Morgan fingerprint density at radius 1 is 0.356 bits per heavy atom. The van der Waals surface area contributed by atoms with Gasteiger partial charge in [0.1, 0.15) is 11.5 Å². The fourth-order valence-corrected chi connectivity index (χ4v) is 9.34. The summed E-state index contributed by atoms with van der Waals surface area (Å²) in [6, 6.07) is 68.5. The van der Waals surface area contributed by atoms with Crippen LogP contribution >= 0.6 is 0 Å². The van der Waals surface area contributed by atoms with Gasteiger partial charge >= 0.3 is 0 Å². The lowest BCUT2D eigenvalue weighted by atomic mass is 9.66. The third kappa shape index (κ3) is 5.15. The predicted octanol–water partition coefficient (Wildman–Crippen LogP) is 13.2. The van der Waals surface area contributed by atoms with Crippen molar-refractivity contribution >= 4 is 10.9 Å². The number of aromatic amines is 1. The minimum Gasteiger partial charge on any atom is -0.457 e. The van der Waals surface area contributed by atoms with Crippen LogP contribution in [0.15, 0.2) is 200 Å². The van der Waals surface area contributed by atoms with Crippen LogP contribution in [0.4, 0.5) is 0 Å². The van der Waals surface area contributed by atoms with Crippen LogP contribution in [-0.4, -0.2) is 19.9 Å². The van der Waals surface area contributed by atoms with E-state index in [1.54, 1.807) is 0 Å². The first-order valence-corrected chi connectivity index (χ1v) is 19.9. The van der Waals surface area contributed by atoms with Crippen LogP contribution in [0.3, 0.4) is 0 Å². The van der Waals surface area contributed by atoms with Crippen molar-refractivity contribution < 1.29 is 4.74 Å². The van der Waals surface area contributed by atoms with Crippen molar-refractivity contribution in [2.45, 2.75) is 5.41 Å². The van der Waals surface area contributed by atoms with E-state index < -0.39 is 5.41 Å². The highest BCUT2D eigenvalue weighted by Gasteiger charge is 2.51. The summed E-state index contributed by atoms with van der Waals surface area (Å²) in [7, 11) is 0. The van der Waals surface area contributed by atoms with E-state index in [4.69, 9.17) is 19.7 Å². The minimum absolute atomic E-state index is 0.601. The number of rotatable bonds is 5. The van der Waals surface area contributed by atoms with Gasteiger partial charge in [0.2, 0.25) is 0 Å². The Morgan fingerprint density at radius 3 is 1.49 bits per heavy atom. The zero-order valence-electron chi connectivity index (χ0n) is 31.8. The molecule has 2 aliphatic rings. The number of aromatic nitrogens is 4. The molecule has 10 aromatic rings. The summed E-state index contributed by atoms with van der Waals surface area (Å²) in [5.74, 6) is 3.63. The minimum atomic E-state index is -0.601. The summed E-state index contributed by atoms with van der Waals surface area (Å²) < 4.78 is 6.63. The van der Waals surface area contributed by atoms with Gasteiger partial charge in [-0.2, -0.15) is 0 Å². The molecule has 5 nitrogen and oxygen atoms in total. The number of hydrogen-bond donors (Lipinski definition) is 1. The molecule has 1 spiro atoms. The number of ether oxygens (including phenoxy) is 1. The summed E-state index contributed by atoms with van der Waals surface area (Å²) >= 11 is 0. The molecule has 0 atom stereocenters. The van der Waals surface area contributed by atoms with Crippen molar-refractivity contribution in [3.63, 3.8) is 0 Å². The summed E-state index contributed by atoms with van der Waals surface area (Å²) in [6.45, 7) is 0. The van der Waals surface area contributed by atoms with Gasteiger partial charge in [-0.3, -0.25) is 0 Å². The molecule has 12 rings (SSSR count). The number of hydrogen-bond acceptors (Lipinski definition) is 4. The lowest BCUT2D eigenvalue weighted by molar-refractivity contribution is 0.436. The van der Waals surface area contributed by atoms with E-state index in [2.05, 4.69) is 138 Å². The molecule has 0 radical (unpaired) electrons. The molecule has 0 saturated heterocycles. The zero-order valence-corrected chi connectivity index (χ0v) is 31.8. The molecule has 1 aliphatic carbocycles. The van der Waals surface area contributed by atoms with Crippen LogP contribution in [0.25, 0.3) is 78.4 Å². The lowest BCUT2D eigenvalue weighted by Gasteiger charge is -2.39. The molecular weight excluding hydrogens is 721 g/mol. The maximum Gasteiger partial charge on any atom is 0.164 e. The highest BCUT2D eigenvalue weighted by atomic mass is 16.5.